The molecule has 0 radical (unpaired) electrons. The zero-order valence-electron chi connectivity index (χ0n) is 24.2. The van der Waals surface area contributed by atoms with Gasteiger partial charge in [-0.3, -0.25) is 14.5 Å². The van der Waals surface area contributed by atoms with Crippen LogP contribution in [-0.4, -0.2) is 86.5 Å². The minimum Gasteiger partial charge on any atom is -0.465 e. The molecular formula is C32H32N6O4S. The summed E-state index contributed by atoms with van der Waals surface area (Å²) in [7, 11) is 5.21. The normalized spacial score (nSPS) is 16.5. The molecule has 1 fully saturated rings. The zero-order chi connectivity index (χ0) is 30.1. The maximum Gasteiger partial charge on any atom is 0.337 e. The number of esters is 1. The van der Waals surface area contributed by atoms with Gasteiger partial charge in [-0.25, -0.2) is 9.78 Å². The summed E-state index contributed by atoms with van der Waals surface area (Å²) >= 11 is 1.55. The van der Waals surface area contributed by atoms with Crippen molar-refractivity contribution in [2.24, 2.45) is 0 Å². The molecule has 3 aromatic carbocycles. The number of hydrogen-bond acceptors (Lipinski definition) is 9. The molecule has 43 heavy (non-hydrogen) atoms. The van der Waals surface area contributed by atoms with Gasteiger partial charge in [0.15, 0.2) is 0 Å². The van der Waals surface area contributed by atoms with E-state index < -0.39 is 5.97 Å². The summed E-state index contributed by atoms with van der Waals surface area (Å²) in [5.41, 5.74) is 7.55. The van der Waals surface area contributed by atoms with Crippen LogP contribution in [0.3, 0.4) is 0 Å². The van der Waals surface area contributed by atoms with Crippen LogP contribution in [0.1, 0.15) is 21.5 Å². The molecule has 1 aromatic heterocycles. The highest BCUT2D eigenvalue weighted by Crippen LogP contribution is 2.39. The van der Waals surface area contributed by atoms with E-state index in [1.54, 1.807) is 47.0 Å². The largest absolute Gasteiger partial charge is 0.465 e. The number of carbonyl (C=O) groups is 3. The van der Waals surface area contributed by atoms with E-state index in [0.717, 1.165) is 53.3 Å². The van der Waals surface area contributed by atoms with Gasteiger partial charge in [-0.05, 0) is 55.6 Å². The summed E-state index contributed by atoms with van der Waals surface area (Å²) < 4.78 is 5.89. The molecule has 3 heterocycles. The van der Waals surface area contributed by atoms with Gasteiger partial charge in [0.05, 0.1) is 51.9 Å². The van der Waals surface area contributed by atoms with Crippen molar-refractivity contribution < 1.29 is 19.1 Å². The van der Waals surface area contributed by atoms with E-state index in [1.807, 2.05) is 42.5 Å². The second-order valence-electron chi connectivity index (χ2n) is 10.7. The number of thiazole rings is 1. The summed E-state index contributed by atoms with van der Waals surface area (Å²) in [6.45, 7) is 4.05. The summed E-state index contributed by atoms with van der Waals surface area (Å²) in [5, 5.41) is 6.36. The first kappa shape index (κ1) is 28.5. The molecule has 0 bridgehead atoms. The third-order valence-electron chi connectivity index (χ3n) is 7.91. The molecule has 0 unspecified atom stereocenters. The lowest BCUT2D eigenvalue weighted by Crippen LogP contribution is -2.48. The zero-order valence-corrected chi connectivity index (χ0v) is 25.0. The Hall–Kier alpha value is -4.58. The SMILES string of the molecule is COC(=O)c1ccc2c(c1)NC(=O)/C2=C(\Nc1ccc(N(C)C(=O)CN2CCN(C)CC2)cc1)c1ccc2scnc2c1. The number of nitrogens with zero attached hydrogens (tertiary/aromatic N) is 4. The highest BCUT2D eigenvalue weighted by Gasteiger charge is 2.30. The highest BCUT2D eigenvalue weighted by molar-refractivity contribution is 7.16. The molecule has 0 aliphatic carbocycles. The molecule has 0 atom stereocenters. The second-order valence-corrected chi connectivity index (χ2v) is 11.6. The predicted molar refractivity (Wildman–Crippen MR) is 170 cm³/mol. The van der Waals surface area contributed by atoms with E-state index in [1.165, 1.54) is 7.11 Å². The van der Waals surface area contributed by atoms with Crippen LogP contribution in [0.25, 0.3) is 21.5 Å². The van der Waals surface area contributed by atoms with Crippen LogP contribution in [-0.2, 0) is 14.3 Å². The Labute approximate surface area is 253 Å². The molecule has 0 spiro atoms. The average Bonchev–Trinajstić information content (AvgIpc) is 3.63. The molecule has 0 saturated carbocycles. The van der Waals surface area contributed by atoms with Crippen molar-refractivity contribution in [2.75, 3.05) is 69.5 Å². The molecule has 11 heteroatoms. The van der Waals surface area contributed by atoms with Gasteiger partial charge < -0.3 is 25.2 Å². The Kier molecular flexibility index (Phi) is 7.94. The number of piperazine rings is 1. The fraction of sp³-hybridized carbons (Fsp3) is 0.250. The Bertz CT molecular complexity index is 1740. The van der Waals surface area contributed by atoms with Crippen molar-refractivity contribution in [3.05, 3.63) is 82.9 Å². The fourth-order valence-corrected chi connectivity index (χ4v) is 5.98. The number of ether oxygens (including phenoxy) is 1. The lowest BCUT2D eigenvalue weighted by atomic mass is 9.98. The van der Waals surface area contributed by atoms with E-state index in [-0.39, 0.29) is 11.8 Å². The number of nitrogens with one attached hydrogen (secondary N) is 2. The average molecular weight is 597 g/mol. The summed E-state index contributed by atoms with van der Waals surface area (Å²) in [5.74, 6) is -0.729. The van der Waals surface area contributed by atoms with Crippen molar-refractivity contribution in [3.8, 4) is 0 Å². The number of aromatic nitrogens is 1. The van der Waals surface area contributed by atoms with Gasteiger partial charge in [-0.1, -0.05) is 12.1 Å². The Balaban J connectivity index is 1.30. The molecule has 10 nitrogen and oxygen atoms in total. The van der Waals surface area contributed by atoms with Crippen molar-refractivity contribution in [1.82, 2.24) is 14.8 Å². The third kappa shape index (κ3) is 5.87. The number of rotatable bonds is 7. The number of likely N-dealkylation sites (N-methyl/N-ethyl adjacent to an activating group) is 2. The molecule has 2 amide bonds. The number of hydrogen-bond donors (Lipinski definition) is 2. The van der Waals surface area contributed by atoms with Crippen LogP contribution in [0, 0.1) is 0 Å². The number of amides is 2. The molecule has 6 rings (SSSR count). The monoisotopic (exact) mass is 596 g/mol. The Morgan fingerprint density at radius 2 is 1.77 bits per heavy atom. The van der Waals surface area contributed by atoms with E-state index in [9.17, 15) is 14.4 Å². The number of anilines is 3. The molecule has 2 aliphatic heterocycles. The van der Waals surface area contributed by atoms with Crippen molar-refractivity contribution in [1.29, 1.82) is 0 Å². The molecule has 4 aromatic rings. The van der Waals surface area contributed by atoms with Crippen molar-refractivity contribution >= 4 is 67.7 Å². The summed E-state index contributed by atoms with van der Waals surface area (Å²) in [4.78, 5) is 49.1. The van der Waals surface area contributed by atoms with E-state index in [2.05, 4.69) is 32.5 Å². The van der Waals surface area contributed by atoms with Gasteiger partial charge in [0.2, 0.25) is 5.91 Å². The maximum absolute atomic E-state index is 13.4. The lowest BCUT2D eigenvalue weighted by molar-refractivity contribution is -0.119. The van der Waals surface area contributed by atoms with Crippen LogP contribution >= 0.6 is 11.3 Å². The van der Waals surface area contributed by atoms with Crippen molar-refractivity contribution in [2.45, 2.75) is 0 Å². The number of carbonyl (C=O) groups excluding carboxylic acids is 3. The molecule has 2 aliphatic rings. The van der Waals surface area contributed by atoms with Crippen LogP contribution in [0.2, 0.25) is 0 Å². The number of benzene rings is 3. The third-order valence-corrected chi connectivity index (χ3v) is 8.72. The van der Waals surface area contributed by atoms with E-state index >= 15 is 0 Å². The maximum atomic E-state index is 13.4. The van der Waals surface area contributed by atoms with Gasteiger partial charge >= 0.3 is 5.97 Å². The van der Waals surface area contributed by atoms with Gasteiger partial charge in [-0.2, -0.15) is 0 Å². The van der Waals surface area contributed by atoms with Crippen LogP contribution < -0.4 is 15.5 Å². The lowest BCUT2D eigenvalue weighted by Gasteiger charge is -2.32. The van der Waals surface area contributed by atoms with Gasteiger partial charge in [-0.15, -0.1) is 11.3 Å². The fourth-order valence-electron chi connectivity index (χ4n) is 5.32. The molecule has 2 N–H and O–H groups in total. The Morgan fingerprint density at radius 3 is 2.51 bits per heavy atom. The van der Waals surface area contributed by atoms with E-state index in [4.69, 9.17) is 4.74 Å². The van der Waals surface area contributed by atoms with E-state index in [0.29, 0.717) is 34.6 Å². The van der Waals surface area contributed by atoms with Crippen LogP contribution in [0.4, 0.5) is 17.1 Å². The minimum absolute atomic E-state index is 0.0372. The second kappa shape index (κ2) is 12.0. The first-order valence-corrected chi connectivity index (χ1v) is 14.8. The predicted octanol–water partition coefficient (Wildman–Crippen LogP) is 4.23. The first-order chi connectivity index (χ1) is 20.8. The standard InChI is InChI=1S/C32H32N6O4S/c1-36-12-14-38(15-13-36)18-28(39)37(2)23-8-6-22(7-9-23)34-30(20-5-11-27-26(16-20)33-19-43-27)29-24-10-4-21(32(41)42-3)17-25(24)35-31(29)40/h4-11,16-17,19,34H,12-15,18H2,1-3H3,(H,35,40)/b30-29-. The van der Waals surface area contributed by atoms with Gasteiger partial charge in [0.25, 0.3) is 5.91 Å². The molecule has 220 valence electrons. The minimum atomic E-state index is -0.478. The number of methoxy groups -OCH3 is 1. The highest BCUT2D eigenvalue weighted by atomic mass is 32.1. The van der Waals surface area contributed by atoms with Crippen LogP contribution in [0.5, 0.6) is 0 Å². The quantitative estimate of drug-likeness (QED) is 0.241. The summed E-state index contributed by atoms with van der Waals surface area (Å²) in [6, 6.07) is 18.5. The van der Waals surface area contributed by atoms with Gasteiger partial charge in [0.1, 0.15) is 0 Å². The Morgan fingerprint density at radius 1 is 1.02 bits per heavy atom. The first-order valence-electron chi connectivity index (χ1n) is 14.0. The van der Waals surface area contributed by atoms with Gasteiger partial charge in [0, 0.05) is 55.7 Å². The smallest absolute Gasteiger partial charge is 0.337 e. The molecule has 1 saturated heterocycles. The topological polar surface area (TPSA) is 107 Å². The molecular weight excluding hydrogens is 564 g/mol. The number of fused-ring (bicyclic) bond motifs is 2. The van der Waals surface area contributed by atoms with Crippen molar-refractivity contribution in [3.63, 3.8) is 0 Å². The summed E-state index contributed by atoms with van der Waals surface area (Å²) in [6.07, 6.45) is 0. The van der Waals surface area contributed by atoms with Crippen LogP contribution in [0.15, 0.2) is 66.2 Å².